The van der Waals surface area contributed by atoms with E-state index in [0.29, 0.717) is 5.33 Å². The highest BCUT2D eigenvalue weighted by Gasteiger charge is 2.31. The molecule has 2 atom stereocenters. The smallest absolute Gasteiger partial charge is 0.342 e. The molecule has 2 N–H and O–H groups in total. The molecule has 0 aromatic heterocycles. The first-order chi connectivity index (χ1) is 6.25. The fourth-order valence-electron chi connectivity index (χ4n) is 0.481. The summed E-state index contributed by atoms with van der Waals surface area (Å²) in [6.45, 7) is 3.47. The highest BCUT2D eigenvalue weighted by atomic mass is 79.9. The van der Waals surface area contributed by atoms with Crippen LogP contribution in [0, 0.1) is 5.41 Å². The number of rotatable bonds is 6. The van der Waals surface area contributed by atoms with Crippen molar-refractivity contribution in [3.05, 3.63) is 0 Å². The quantitative estimate of drug-likeness (QED) is 0.568. The van der Waals surface area contributed by atoms with Crippen molar-refractivity contribution in [3.8, 4) is 0 Å². The van der Waals surface area contributed by atoms with E-state index in [1.54, 1.807) is 13.8 Å². The third-order valence-electron chi connectivity index (χ3n) is 1.55. The highest BCUT2D eigenvalue weighted by molar-refractivity contribution is 9.13. The minimum absolute atomic E-state index is 0.0480. The van der Waals surface area contributed by atoms with E-state index < -0.39 is 17.6 Å². The molecule has 0 rings (SSSR count). The van der Waals surface area contributed by atoms with E-state index in [2.05, 4.69) is 31.9 Å². The second-order valence-corrected chi connectivity index (χ2v) is 8.22. The van der Waals surface area contributed by atoms with E-state index in [4.69, 9.17) is 9.63 Å². The number of hydrogen-bond donors (Lipinski definition) is 2. The highest BCUT2D eigenvalue weighted by Crippen LogP contribution is 2.51. The van der Waals surface area contributed by atoms with Crippen molar-refractivity contribution in [2.75, 3.05) is 18.5 Å². The van der Waals surface area contributed by atoms with E-state index in [9.17, 15) is 9.46 Å². The lowest BCUT2D eigenvalue weighted by Crippen LogP contribution is -2.23. The molecule has 2 unspecified atom stereocenters. The summed E-state index contributed by atoms with van der Waals surface area (Å²) in [5, 5.41) is 9.25. The molecular formula is C7H15Br2O4P. The van der Waals surface area contributed by atoms with Gasteiger partial charge in [0.15, 0.2) is 0 Å². The van der Waals surface area contributed by atoms with Crippen molar-refractivity contribution in [1.82, 2.24) is 0 Å². The van der Waals surface area contributed by atoms with Gasteiger partial charge in [-0.05, 0) is 0 Å². The van der Waals surface area contributed by atoms with Crippen LogP contribution in [0.1, 0.15) is 13.8 Å². The van der Waals surface area contributed by atoms with E-state index in [1.807, 2.05) is 0 Å². The minimum Gasteiger partial charge on any atom is -0.396 e. The molecule has 14 heavy (non-hydrogen) atoms. The third-order valence-corrected chi connectivity index (χ3v) is 6.83. The minimum atomic E-state index is -3.63. The van der Waals surface area contributed by atoms with Crippen molar-refractivity contribution in [1.29, 1.82) is 0 Å². The van der Waals surface area contributed by atoms with Crippen LogP contribution < -0.4 is 0 Å². The number of aliphatic hydroxyl groups is 1. The average molecular weight is 354 g/mol. The molecule has 0 aliphatic rings. The molecule has 0 bridgehead atoms. The Bertz CT molecular complexity index is 222. The van der Waals surface area contributed by atoms with Gasteiger partial charge < -0.3 is 14.5 Å². The van der Waals surface area contributed by atoms with Gasteiger partial charge in [-0.25, -0.2) is 0 Å². The molecule has 0 spiro atoms. The van der Waals surface area contributed by atoms with Gasteiger partial charge in [-0.15, -0.1) is 0 Å². The van der Waals surface area contributed by atoms with E-state index >= 15 is 0 Å². The molecule has 0 amide bonds. The van der Waals surface area contributed by atoms with Gasteiger partial charge >= 0.3 is 7.60 Å². The molecule has 0 aliphatic heterocycles. The lowest BCUT2D eigenvalue weighted by atomic mass is 9.97. The largest absolute Gasteiger partial charge is 0.396 e. The van der Waals surface area contributed by atoms with E-state index in [1.165, 1.54) is 0 Å². The molecule has 0 aromatic carbocycles. The van der Waals surface area contributed by atoms with Crippen LogP contribution in [0.25, 0.3) is 0 Å². The zero-order valence-electron chi connectivity index (χ0n) is 8.11. The van der Waals surface area contributed by atoms with Crippen LogP contribution in [0.15, 0.2) is 0 Å². The van der Waals surface area contributed by atoms with Gasteiger partial charge in [-0.3, -0.25) is 4.57 Å². The van der Waals surface area contributed by atoms with E-state index in [-0.39, 0.29) is 13.2 Å². The molecule has 0 saturated carbocycles. The molecule has 0 aromatic rings. The van der Waals surface area contributed by atoms with Gasteiger partial charge in [0.05, 0.1) is 13.2 Å². The summed E-state index contributed by atoms with van der Waals surface area (Å²) >= 11 is 6.12. The average Bonchev–Trinajstić information content (AvgIpc) is 2.14. The maximum atomic E-state index is 11.5. The summed E-state index contributed by atoms with van der Waals surface area (Å²) in [5.74, 6) is 0. The van der Waals surface area contributed by atoms with Crippen LogP contribution in [-0.4, -0.2) is 33.1 Å². The normalized spacial score (nSPS) is 19.0. The molecule has 0 aliphatic carbocycles. The predicted octanol–water partition coefficient (Wildman–Crippen LogP) is 2.32. The first kappa shape index (κ1) is 15.1. The van der Waals surface area contributed by atoms with Gasteiger partial charge in [-0.1, -0.05) is 45.7 Å². The van der Waals surface area contributed by atoms with Crippen molar-refractivity contribution in [2.24, 2.45) is 5.41 Å². The Morgan fingerprint density at radius 1 is 1.57 bits per heavy atom. The Balaban J connectivity index is 4.19. The van der Waals surface area contributed by atoms with Gasteiger partial charge in [0.1, 0.15) is 4.57 Å². The molecule has 0 radical (unpaired) electrons. The van der Waals surface area contributed by atoms with Crippen molar-refractivity contribution in [3.63, 3.8) is 0 Å². The Morgan fingerprint density at radius 2 is 2.07 bits per heavy atom. The maximum Gasteiger partial charge on any atom is 0.342 e. The molecule has 86 valence electrons. The Labute approximate surface area is 101 Å². The second kappa shape index (κ2) is 5.97. The van der Waals surface area contributed by atoms with Crippen molar-refractivity contribution >= 4 is 39.5 Å². The van der Waals surface area contributed by atoms with Crippen LogP contribution in [0.2, 0.25) is 0 Å². The fraction of sp³-hybridized carbons (Fsp3) is 1.00. The van der Waals surface area contributed by atoms with Crippen LogP contribution in [-0.2, 0) is 9.09 Å². The van der Waals surface area contributed by atoms with Crippen LogP contribution in [0.3, 0.4) is 0 Å². The van der Waals surface area contributed by atoms with Gasteiger partial charge in [-0.2, -0.15) is 0 Å². The Hall–Kier alpha value is 1.07. The van der Waals surface area contributed by atoms with E-state index in [0.717, 1.165) is 0 Å². The second-order valence-electron chi connectivity index (χ2n) is 3.75. The monoisotopic (exact) mass is 352 g/mol. The maximum absolute atomic E-state index is 11.5. The molecular weight excluding hydrogens is 339 g/mol. The topological polar surface area (TPSA) is 66.8 Å². The SMILES string of the molecule is CC(C)(CO)COP(=O)(O)C(Br)CBr. The summed E-state index contributed by atoms with van der Waals surface area (Å²) in [6, 6.07) is 0. The summed E-state index contributed by atoms with van der Waals surface area (Å²) < 4.78 is 15.8. The van der Waals surface area contributed by atoms with Gasteiger partial charge in [0.2, 0.25) is 0 Å². The Morgan fingerprint density at radius 3 is 2.43 bits per heavy atom. The molecule has 0 fully saturated rings. The first-order valence-corrected chi connectivity index (χ1v) is 7.71. The summed E-state index contributed by atoms with van der Waals surface area (Å²) in [7, 11) is -3.63. The number of halogens is 2. The van der Waals surface area contributed by atoms with Crippen LogP contribution >= 0.6 is 39.5 Å². The summed E-state index contributed by atoms with van der Waals surface area (Å²) in [5.41, 5.74) is -0.503. The summed E-state index contributed by atoms with van der Waals surface area (Å²) in [6.07, 6.45) is 0. The molecule has 0 heterocycles. The van der Waals surface area contributed by atoms with Crippen LogP contribution in [0.5, 0.6) is 0 Å². The number of hydrogen-bond acceptors (Lipinski definition) is 3. The van der Waals surface area contributed by atoms with Crippen LogP contribution in [0.4, 0.5) is 0 Å². The predicted molar refractivity (Wildman–Crippen MR) is 63.2 cm³/mol. The Kier molecular flexibility index (Phi) is 6.42. The number of aliphatic hydroxyl groups excluding tert-OH is 1. The zero-order chi connectivity index (χ0) is 11.4. The lowest BCUT2D eigenvalue weighted by Gasteiger charge is -2.24. The van der Waals surface area contributed by atoms with Crippen molar-refractivity contribution in [2.45, 2.75) is 18.4 Å². The van der Waals surface area contributed by atoms with Gasteiger partial charge in [0.25, 0.3) is 0 Å². The van der Waals surface area contributed by atoms with Gasteiger partial charge in [0, 0.05) is 10.7 Å². The lowest BCUT2D eigenvalue weighted by molar-refractivity contribution is 0.0905. The fourth-order valence-corrected chi connectivity index (χ4v) is 2.80. The standard InChI is InChI=1S/C7H15Br2O4P/c1-7(2,4-10)5-13-14(11,12)6(9)3-8/h6,10H,3-5H2,1-2H3,(H,11,12). The number of alkyl halides is 2. The molecule has 0 saturated heterocycles. The summed E-state index contributed by atoms with van der Waals surface area (Å²) in [4.78, 5) is 9.42. The molecule has 7 heteroatoms. The first-order valence-electron chi connectivity index (χ1n) is 4.03. The molecule has 4 nitrogen and oxygen atoms in total. The third kappa shape index (κ3) is 5.24. The van der Waals surface area contributed by atoms with Crippen molar-refractivity contribution < 1.29 is 19.1 Å². The zero-order valence-corrected chi connectivity index (χ0v) is 12.2.